The maximum absolute atomic E-state index is 14.1. The number of nitrogens with zero attached hydrogens (tertiary/aromatic N) is 2. The number of hydrogen-bond donors (Lipinski definition) is 16. The molecule has 1 aromatic heterocycles. The third-order valence-electron chi connectivity index (χ3n) is 12.4. The van der Waals surface area contributed by atoms with Crippen LogP contribution < -0.4 is 70.4 Å². The number of aliphatic hydroxyl groups is 1. The van der Waals surface area contributed by atoms with Crippen molar-refractivity contribution in [2.24, 2.45) is 34.0 Å². The maximum Gasteiger partial charge on any atom is 0.303 e. The number of nitrogens with one attached hydrogen (secondary N) is 11. The van der Waals surface area contributed by atoms with Crippen molar-refractivity contribution in [2.45, 2.75) is 192 Å². The van der Waals surface area contributed by atoms with Crippen molar-refractivity contribution >= 4 is 76.9 Å². The van der Waals surface area contributed by atoms with Gasteiger partial charge in [0.2, 0.25) is 65.0 Å². The molecular formula is C50H84N16O14. The van der Waals surface area contributed by atoms with E-state index >= 15 is 0 Å². The van der Waals surface area contributed by atoms with Crippen molar-refractivity contribution in [1.82, 2.24) is 63.1 Å². The number of nitrogens with two attached hydrogens (primary N) is 3. The highest BCUT2D eigenvalue weighted by Crippen LogP contribution is 2.12. The maximum atomic E-state index is 14.1. The standard InChI is InChI=1S/C50H84N16O14/c1-25(2)19-33-43(74)55-17-11-9-8-10-14-38(69)66-40(29(7)67)49(80)61-32(15-16-39(70)71)45(76)60-31(13-12-18-56-50(52)53)44(75)59-27(5)41(72)58-28(6)42(73)62-34(20-26(3)4)46(77)64-35(21-30-23-54-24-57-30)47(78)65-36(22-37(51)68)48(79)63-33/h23-29,31-36,40,67H,8-22H2,1-7H3,(H2,51,68)(H,54,57)(H,55,74)(H,58,72)(H,59,75)(H,60,76)(H,61,80)(H,62,73)(H,63,79)(H,64,77)(H,65,78)(H,66,69)(H,70,71)(H4,52,53,56)/t27-,28-,29+,31-,32-,33-,34-,35-,36-,40-/m0/s1. The lowest BCUT2D eigenvalue weighted by Gasteiger charge is -2.27. The lowest BCUT2D eigenvalue weighted by molar-refractivity contribution is -0.139. The molecule has 1 aliphatic heterocycles. The van der Waals surface area contributed by atoms with Crippen LogP contribution in [0.1, 0.15) is 131 Å². The van der Waals surface area contributed by atoms with E-state index in [9.17, 15) is 67.7 Å². The molecule has 19 N–H and O–H groups in total. The van der Waals surface area contributed by atoms with Crippen LogP contribution in [0.4, 0.5) is 0 Å². The van der Waals surface area contributed by atoms with Crippen molar-refractivity contribution in [3.63, 3.8) is 0 Å². The van der Waals surface area contributed by atoms with Gasteiger partial charge in [0.15, 0.2) is 5.96 Å². The van der Waals surface area contributed by atoms with Gasteiger partial charge in [-0.05, 0) is 77.6 Å². The van der Waals surface area contributed by atoms with Gasteiger partial charge in [-0.3, -0.25) is 62.5 Å². The number of aromatic nitrogens is 2. The van der Waals surface area contributed by atoms with Gasteiger partial charge in [-0.1, -0.05) is 40.5 Å². The highest BCUT2D eigenvalue weighted by molar-refractivity contribution is 5.99. The van der Waals surface area contributed by atoms with Gasteiger partial charge < -0.3 is 85.6 Å². The van der Waals surface area contributed by atoms with Gasteiger partial charge in [0.25, 0.3) is 0 Å². The number of aromatic amines is 1. The summed E-state index contributed by atoms with van der Waals surface area (Å²) in [7, 11) is 0. The van der Waals surface area contributed by atoms with E-state index in [-0.39, 0.29) is 69.4 Å². The van der Waals surface area contributed by atoms with E-state index in [1.165, 1.54) is 33.3 Å². The number of primary amides is 1. The first kappa shape index (κ1) is 68.2. The number of carboxylic acids is 1. The summed E-state index contributed by atoms with van der Waals surface area (Å²) < 4.78 is 0. The molecule has 80 heavy (non-hydrogen) atoms. The third-order valence-corrected chi connectivity index (χ3v) is 12.4. The lowest BCUT2D eigenvalue weighted by atomic mass is 10.0. The van der Waals surface area contributed by atoms with Crippen LogP contribution in [0.25, 0.3) is 0 Å². The number of amides is 11. The van der Waals surface area contributed by atoms with E-state index in [0.717, 1.165) is 0 Å². The number of H-pyrrole nitrogens is 1. The molecule has 0 bridgehead atoms. The second-order valence-corrected chi connectivity index (χ2v) is 20.7. The molecule has 30 heteroatoms. The van der Waals surface area contributed by atoms with Gasteiger partial charge in [-0.15, -0.1) is 0 Å². The molecule has 30 nitrogen and oxygen atoms in total. The topological polar surface area (TPSA) is 485 Å². The van der Waals surface area contributed by atoms with Gasteiger partial charge in [-0.2, -0.15) is 0 Å². The molecule has 10 atom stereocenters. The molecule has 1 aromatic rings. The minimum Gasteiger partial charge on any atom is -0.481 e. The molecule has 0 aliphatic carbocycles. The summed E-state index contributed by atoms with van der Waals surface area (Å²) in [6.45, 7) is 11.1. The van der Waals surface area contributed by atoms with Crippen LogP contribution in [0.15, 0.2) is 17.5 Å². The monoisotopic (exact) mass is 1130 g/mol. The van der Waals surface area contributed by atoms with Gasteiger partial charge in [0.05, 0.1) is 18.9 Å². The van der Waals surface area contributed by atoms with Crippen molar-refractivity contribution in [3.8, 4) is 0 Å². The SMILES string of the molecule is CC(C)C[C@@H]1NC(=O)[C@H](C)NC(=O)[C@H](C)NC(=O)[C@H](CCCN=C(N)N)NC(=O)[C@H](CCC(=O)O)NC(=O)[C@H]([C@@H](C)O)NC(=O)CCCCCCNC(=O)[C@H](CC(C)C)NC(=O)[C@H](CC(N)=O)NC(=O)[C@H](Cc2cnc[nH]2)NC1=O. The lowest BCUT2D eigenvalue weighted by Crippen LogP contribution is -2.60. The number of carbonyl (C=O) groups is 12. The van der Waals surface area contributed by atoms with Crippen molar-refractivity contribution < 1.29 is 67.7 Å². The van der Waals surface area contributed by atoms with Crippen LogP contribution >= 0.6 is 0 Å². The number of rotatable bonds is 16. The zero-order valence-electron chi connectivity index (χ0n) is 46.6. The molecule has 2 rings (SSSR count). The number of aliphatic imine (C=N–C) groups is 1. The van der Waals surface area contributed by atoms with Crippen LogP contribution in [0.5, 0.6) is 0 Å². The van der Waals surface area contributed by atoms with E-state index in [1.54, 1.807) is 13.8 Å². The van der Waals surface area contributed by atoms with E-state index in [2.05, 4.69) is 68.1 Å². The van der Waals surface area contributed by atoms with E-state index < -0.39 is 151 Å². The first-order chi connectivity index (χ1) is 37.6. The number of imidazole rings is 1. The Morgan fingerprint density at radius 1 is 0.613 bits per heavy atom. The van der Waals surface area contributed by atoms with Gasteiger partial charge in [0.1, 0.15) is 54.4 Å². The number of carbonyl (C=O) groups excluding carboxylic acids is 11. The Balaban J connectivity index is 2.60. The number of aliphatic hydroxyl groups excluding tert-OH is 1. The first-order valence-electron chi connectivity index (χ1n) is 26.8. The Bertz CT molecular complexity index is 2310. The van der Waals surface area contributed by atoms with Gasteiger partial charge in [-0.25, -0.2) is 4.98 Å². The van der Waals surface area contributed by atoms with E-state index in [1.807, 2.05) is 13.8 Å². The number of carboxylic acid groups (broad SMARTS) is 1. The van der Waals surface area contributed by atoms with Crippen molar-refractivity contribution in [2.75, 3.05) is 13.1 Å². The second kappa shape index (κ2) is 34.9. The Morgan fingerprint density at radius 3 is 1.68 bits per heavy atom. The molecule has 0 unspecified atom stereocenters. The molecular weight excluding hydrogens is 1050 g/mol. The van der Waals surface area contributed by atoms with Crippen LogP contribution in [0, 0.1) is 11.8 Å². The summed E-state index contributed by atoms with van der Waals surface area (Å²) >= 11 is 0. The third kappa shape index (κ3) is 26.2. The molecule has 2 heterocycles. The zero-order valence-corrected chi connectivity index (χ0v) is 46.6. The average Bonchev–Trinajstić information content (AvgIpc) is 3.88. The number of guanidine groups is 1. The fourth-order valence-corrected chi connectivity index (χ4v) is 8.13. The smallest absolute Gasteiger partial charge is 0.303 e. The largest absolute Gasteiger partial charge is 0.481 e. The summed E-state index contributed by atoms with van der Waals surface area (Å²) in [4.78, 5) is 172. The minimum atomic E-state index is -1.63. The highest BCUT2D eigenvalue weighted by atomic mass is 16.4. The summed E-state index contributed by atoms with van der Waals surface area (Å²) in [6.07, 6.45) is 0.859. The predicted molar refractivity (Wildman–Crippen MR) is 288 cm³/mol. The van der Waals surface area contributed by atoms with Crippen LogP contribution in [-0.2, 0) is 64.0 Å². The highest BCUT2D eigenvalue weighted by Gasteiger charge is 2.36. The van der Waals surface area contributed by atoms with Crippen molar-refractivity contribution in [3.05, 3.63) is 18.2 Å². The fraction of sp³-hybridized carbons (Fsp3) is 0.680. The summed E-state index contributed by atoms with van der Waals surface area (Å²) in [5, 5.41) is 45.3. The quantitative estimate of drug-likeness (QED) is 0.0423. The molecule has 0 aromatic carbocycles. The Labute approximate surface area is 464 Å². The molecule has 0 spiro atoms. The molecule has 1 aliphatic rings. The first-order valence-corrected chi connectivity index (χ1v) is 26.8. The molecule has 1 fully saturated rings. The average molecular weight is 1130 g/mol. The molecule has 11 amide bonds. The van der Waals surface area contributed by atoms with Crippen LogP contribution in [0.3, 0.4) is 0 Å². The Morgan fingerprint density at radius 2 is 1.10 bits per heavy atom. The van der Waals surface area contributed by atoms with Crippen LogP contribution in [-0.4, -0.2) is 171 Å². The fourth-order valence-electron chi connectivity index (χ4n) is 8.13. The zero-order chi connectivity index (χ0) is 60.2. The molecule has 1 saturated heterocycles. The van der Waals surface area contributed by atoms with Crippen molar-refractivity contribution in [1.29, 1.82) is 0 Å². The summed E-state index contributed by atoms with van der Waals surface area (Å²) in [5.41, 5.74) is 16.8. The van der Waals surface area contributed by atoms with Gasteiger partial charge in [0, 0.05) is 44.2 Å². The predicted octanol–water partition coefficient (Wildman–Crippen LogP) is -4.30. The summed E-state index contributed by atoms with van der Waals surface area (Å²) in [6, 6.07) is -13.0. The van der Waals surface area contributed by atoms with E-state index in [4.69, 9.17) is 17.2 Å². The number of aliphatic carboxylic acids is 1. The van der Waals surface area contributed by atoms with Gasteiger partial charge >= 0.3 is 5.97 Å². The second-order valence-electron chi connectivity index (χ2n) is 20.7. The molecule has 0 saturated carbocycles. The normalized spacial score (nSPS) is 25.2. The van der Waals surface area contributed by atoms with Crippen LogP contribution in [0.2, 0.25) is 0 Å². The Kier molecular flexibility index (Phi) is 29.7. The molecule has 0 radical (unpaired) electrons. The molecule has 448 valence electrons. The summed E-state index contributed by atoms with van der Waals surface area (Å²) in [5.74, 6) is -11.7. The van der Waals surface area contributed by atoms with E-state index in [0.29, 0.717) is 31.4 Å². The number of hydrogen-bond acceptors (Lipinski definition) is 15. The minimum absolute atomic E-state index is 0.0131. The Hall–Kier alpha value is -7.92.